The van der Waals surface area contributed by atoms with E-state index < -0.39 is 0 Å². The summed E-state index contributed by atoms with van der Waals surface area (Å²) < 4.78 is 5.02. The number of nitrogens with two attached hydrogens (primary N) is 1. The summed E-state index contributed by atoms with van der Waals surface area (Å²) in [7, 11) is 0. The highest BCUT2D eigenvalue weighted by Gasteiger charge is 1.95. The minimum Gasteiger partial charge on any atom is -0.465 e. The standard InChI is InChI=1S/C10H15N3O/c1-3-8-5-9(7-12-6-8)13-10(11)14-4-2/h5-7H,3-4H2,1-2H3,(H2,11,13). The molecule has 4 heteroatoms. The van der Waals surface area contributed by atoms with Gasteiger partial charge in [-0.15, -0.1) is 0 Å². The van der Waals surface area contributed by atoms with Crippen molar-refractivity contribution in [2.24, 2.45) is 10.7 Å². The second kappa shape index (κ2) is 5.21. The monoisotopic (exact) mass is 193 g/mol. The molecule has 76 valence electrons. The quantitative estimate of drug-likeness (QED) is 0.586. The lowest BCUT2D eigenvalue weighted by Gasteiger charge is -2.01. The van der Waals surface area contributed by atoms with Gasteiger partial charge in [-0.2, -0.15) is 4.99 Å². The van der Waals surface area contributed by atoms with Gasteiger partial charge in [-0.3, -0.25) is 4.98 Å². The van der Waals surface area contributed by atoms with Crippen LogP contribution in [0.3, 0.4) is 0 Å². The molecule has 0 aliphatic heterocycles. The third-order valence-corrected chi connectivity index (χ3v) is 1.72. The lowest BCUT2D eigenvalue weighted by Crippen LogP contribution is -2.15. The Bertz CT molecular complexity index is 323. The van der Waals surface area contributed by atoms with Gasteiger partial charge in [0, 0.05) is 6.20 Å². The van der Waals surface area contributed by atoms with Crippen LogP contribution in [0.5, 0.6) is 0 Å². The minimum atomic E-state index is 0.183. The molecule has 1 heterocycles. The van der Waals surface area contributed by atoms with E-state index in [1.165, 1.54) is 0 Å². The molecule has 0 saturated carbocycles. The van der Waals surface area contributed by atoms with Crippen molar-refractivity contribution in [1.82, 2.24) is 4.98 Å². The molecule has 2 N–H and O–H groups in total. The molecule has 0 radical (unpaired) electrons. The van der Waals surface area contributed by atoms with Crippen LogP contribution in [0.4, 0.5) is 5.69 Å². The van der Waals surface area contributed by atoms with E-state index >= 15 is 0 Å². The van der Waals surface area contributed by atoms with Crippen LogP contribution in [0.2, 0.25) is 0 Å². The molecule has 0 aromatic carbocycles. The predicted molar refractivity (Wildman–Crippen MR) is 56.5 cm³/mol. The highest BCUT2D eigenvalue weighted by Crippen LogP contribution is 2.12. The second-order valence-corrected chi connectivity index (χ2v) is 2.79. The van der Waals surface area contributed by atoms with E-state index in [9.17, 15) is 0 Å². The fraction of sp³-hybridized carbons (Fsp3) is 0.400. The average molecular weight is 193 g/mol. The Morgan fingerprint density at radius 3 is 2.93 bits per heavy atom. The zero-order chi connectivity index (χ0) is 10.4. The van der Waals surface area contributed by atoms with Crippen molar-refractivity contribution < 1.29 is 4.74 Å². The summed E-state index contributed by atoms with van der Waals surface area (Å²) >= 11 is 0. The lowest BCUT2D eigenvalue weighted by molar-refractivity contribution is 0.322. The molecule has 0 bridgehead atoms. The van der Waals surface area contributed by atoms with Crippen LogP contribution in [-0.2, 0) is 11.2 Å². The first kappa shape index (κ1) is 10.5. The number of pyridine rings is 1. The Balaban J connectivity index is 2.80. The molecule has 0 spiro atoms. The van der Waals surface area contributed by atoms with Gasteiger partial charge in [-0.1, -0.05) is 6.92 Å². The van der Waals surface area contributed by atoms with E-state index in [2.05, 4.69) is 16.9 Å². The van der Waals surface area contributed by atoms with E-state index in [0.717, 1.165) is 17.7 Å². The molecule has 0 atom stereocenters. The van der Waals surface area contributed by atoms with Crippen LogP contribution in [0.15, 0.2) is 23.5 Å². The van der Waals surface area contributed by atoms with Gasteiger partial charge in [0.05, 0.1) is 18.5 Å². The fourth-order valence-corrected chi connectivity index (χ4v) is 1.04. The van der Waals surface area contributed by atoms with Crippen molar-refractivity contribution in [3.63, 3.8) is 0 Å². The summed E-state index contributed by atoms with van der Waals surface area (Å²) in [5.74, 6) is 0. The fourth-order valence-electron chi connectivity index (χ4n) is 1.04. The third kappa shape index (κ3) is 3.05. The van der Waals surface area contributed by atoms with Crippen LogP contribution in [0.1, 0.15) is 19.4 Å². The van der Waals surface area contributed by atoms with Gasteiger partial charge < -0.3 is 10.5 Å². The summed E-state index contributed by atoms with van der Waals surface area (Å²) in [4.78, 5) is 8.12. The minimum absolute atomic E-state index is 0.183. The Kier molecular flexibility index (Phi) is 3.91. The van der Waals surface area contributed by atoms with Gasteiger partial charge >= 0.3 is 0 Å². The second-order valence-electron chi connectivity index (χ2n) is 2.79. The van der Waals surface area contributed by atoms with E-state index in [0.29, 0.717) is 6.61 Å². The van der Waals surface area contributed by atoms with Gasteiger partial charge in [-0.05, 0) is 25.0 Å². The Labute approximate surface area is 83.8 Å². The van der Waals surface area contributed by atoms with Crippen molar-refractivity contribution in [3.05, 3.63) is 24.0 Å². The molecule has 14 heavy (non-hydrogen) atoms. The number of aryl methyl sites for hydroxylation is 1. The number of hydrogen-bond acceptors (Lipinski definition) is 3. The molecule has 0 aliphatic carbocycles. The number of hydrogen-bond donors (Lipinski definition) is 1. The molecule has 1 aromatic heterocycles. The largest absolute Gasteiger partial charge is 0.465 e. The highest BCUT2D eigenvalue weighted by atomic mass is 16.5. The van der Waals surface area contributed by atoms with E-state index in [-0.39, 0.29) is 6.02 Å². The molecule has 0 fully saturated rings. The number of rotatable bonds is 3. The van der Waals surface area contributed by atoms with Crippen molar-refractivity contribution in [2.75, 3.05) is 6.61 Å². The molecule has 0 saturated heterocycles. The number of aromatic nitrogens is 1. The van der Waals surface area contributed by atoms with Crippen LogP contribution in [0, 0.1) is 0 Å². The summed E-state index contributed by atoms with van der Waals surface area (Å²) in [6.07, 6.45) is 4.41. The zero-order valence-electron chi connectivity index (χ0n) is 8.53. The summed E-state index contributed by atoms with van der Waals surface area (Å²) in [5.41, 5.74) is 7.37. The van der Waals surface area contributed by atoms with Gasteiger partial charge in [0.1, 0.15) is 0 Å². The van der Waals surface area contributed by atoms with Gasteiger partial charge in [0.15, 0.2) is 0 Å². The van der Waals surface area contributed by atoms with Gasteiger partial charge in [-0.25, -0.2) is 0 Å². The van der Waals surface area contributed by atoms with Crippen LogP contribution in [0.25, 0.3) is 0 Å². The number of nitrogens with zero attached hydrogens (tertiary/aromatic N) is 2. The first-order valence-corrected chi connectivity index (χ1v) is 4.67. The van der Waals surface area contributed by atoms with Gasteiger partial charge in [0.2, 0.25) is 0 Å². The molecule has 0 unspecified atom stereocenters. The molecular weight excluding hydrogens is 178 g/mol. The average Bonchev–Trinajstić information content (AvgIpc) is 2.18. The topological polar surface area (TPSA) is 60.5 Å². The van der Waals surface area contributed by atoms with Crippen LogP contribution >= 0.6 is 0 Å². The highest BCUT2D eigenvalue weighted by molar-refractivity contribution is 5.74. The Morgan fingerprint density at radius 1 is 1.50 bits per heavy atom. The third-order valence-electron chi connectivity index (χ3n) is 1.72. The maximum atomic E-state index is 5.51. The first-order chi connectivity index (χ1) is 6.76. The number of ether oxygens (including phenoxy) is 1. The first-order valence-electron chi connectivity index (χ1n) is 4.67. The Morgan fingerprint density at radius 2 is 2.29 bits per heavy atom. The normalized spacial score (nSPS) is 11.4. The molecule has 1 aromatic rings. The smallest absolute Gasteiger partial charge is 0.287 e. The summed E-state index contributed by atoms with van der Waals surface area (Å²) in [5, 5.41) is 0. The van der Waals surface area contributed by atoms with Crippen molar-refractivity contribution in [2.45, 2.75) is 20.3 Å². The summed E-state index contributed by atoms with van der Waals surface area (Å²) in [6.45, 7) is 4.45. The van der Waals surface area contributed by atoms with Crippen LogP contribution in [-0.4, -0.2) is 17.6 Å². The molecule has 0 aliphatic rings. The molecule has 1 rings (SSSR count). The number of amidine groups is 1. The van der Waals surface area contributed by atoms with Crippen molar-refractivity contribution in [3.8, 4) is 0 Å². The Hall–Kier alpha value is -1.58. The molecular formula is C10H15N3O. The van der Waals surface area contributed by atoms with Crippen LogP contribution < -0.4 is 5.73 Å². The molecule has 0 amide bonds. The van der Waals surface area contributed by atoms with E-state index in [1.807, 2.05) is 19.2 Å². The maximum Gasteiger partial charge on any atom is 0.287 e. The maximum absolute atomic E-state index is 5.51. The van der Waals surface area contributed by atoms with E-state index in [1.54, 1.807) is 6.20 Å². The zero-order valence-corrected chi connectivity index (χ0v) is 8.53. The summed E-state index contributed by atoms with van der Waals surface area (Å²) in [6, 6.07) is 2.13. The molecule has 4 nitrogen and oxygen atoms in total. The van der Waals surface area contributed by atoms with Crippen molar-refractivity contribution in [1.29, 1.82) is 0 Å². The van der Waals surface area contributed by atoms with Crippen molar-refractivity contribution >= 4 is 11.7 Å². The van der Waals surface area contributed by atoms with E-state index in [4.69, 9.17) is 10.5 Å². The van der Waals surface area contributed by atoms with Gasteiger partial charge in [0.25, 0.3) is 6.02 Å². The predicted octanol–water partition coefficient (Wildman–Crippen LogP) is 1.63. The lowest BCUT2D eigenvalue weighted by atomic mass is 10.2. The number of aliphatic imine (C=N–C) groups is 1. The SMILES string of the molecule is CCOC(N)=Nc1cncc(CC)c1.